The van der Waals surface area contributed by atoms with E-state index in [1.54, 1.807) is 0 Å². The van der Waals surface area contributed by atoms with Gasteiger partial charge < -0.3 is 10.6 Å². The largest absolute Gasteiger partial charge is 0.350 e. The third-order valence-electron chi connectivity index (χ3n) is 2.80. The van der Waals surface area contributed by atoms with Gasteiger partial charge in [0.25, 0.3) is 0 Å². The third kappa shape index (κ3) is 5.38. The molecule has 0 saturated heterocycles. The van der Waals surface area contributed by atoms with Crippen molar-refractivity contribution in [2.45, 2.75) is 40.8 Å². The van der Waals surface area contributed by atoms with E-state index in [4.69, 9.17) is 0 Å². The third-order valence-corrected chi connectivity index (χ3v) is 2.80. The van der Waals surface area contributed by atoms with Crippen molar-refractivity contribution in [3.05, 3.63) is 29.6 Å². The minimum atomic E-state index is -0.0384. The van der Waals surface area contributed by atoms with Crippen molar-refractivity contribution < 1.29 is 9.59 Å². The monoisotopic (exact) mass is 277 g/mol. The Balaban J connectivity index is 2.53. The van der Waals surface area contributed by atoms with Gasteiger partial charge in [0.15, 0.2) is 0 Å². The summed E-state index contributed by atoms with van der Waals surface area (Å²) in [4.78, 5) is 27.4. The maximum absolute atomic E-state index is 11.5. The average Bonchev–Trinajstić information content (AvgIpc) is 2.42. The minimum absolute atomic E-state index is 0.00492. The number of rotatable bonds is 6. The Morgan fingerprint density at radius 1 is 0.950 bits per heavy atom. The predicted molar refractivity (Wildman–Crippen MR) is 77.6 cm³/mol. The van der Waals surface area contributed by atoms with Crippen molar-refractivity contribution >= 4 is 11.8 Å². The van der Waals surface area contributed by atoms with Gasteiger partial charge in [0.2, 0.25) is 11.8 Å². The fraction of sp³-hybridized carbons (Fsp3) is 0.533. The van der Waals surface area contributed by atoms with E-state index in [9.17, 15) is 9.59 Å². The second-order valence-corrected chi connectivity index (χ2v) is 5.37. The summed E-state index contributed by atoms with van der Waals surface area (Å²) in [5.74, 6) is -0.0670. The van der Waals surface area contributed by atoms with Crippen molar-refractivity contribution in [3.63, 3.8) is 0 Å². The molecule has 0 saturated carbocycles. The number of hydrogen-bond acceptors (Lipinski definition) is 3. The molecule has 1 rings (SSSR count). The Morgan fingerprint density at radius 3 is 1.70 bits per heavy atom. The number of hydrogen-bond donors (Lipinski definition) is 2. The van der Waals surface area contributed by atoms with Gasteiger partial charge in [0.1, 0.15) is 0 Å². The molecule has 2 amide bonds. The molecule has 0 bridgehead atoms. The lowest BCUT2D eigenvalue weighted by Gasteiger charge is -2.10. The normalized spacial score (nSPS) is 10.7. The highest BCUT2D eigenvalue weighted by atomic mass is 16.2. The van der Waals surface area contributed by atoms with Gasteiger partial charge in [0, 0.05) is 11.8 Å². The van der Waals surface area contributed by atoms with Crippen molar-refractivity contribution in [1.29, 1.82) is 0 Å². The Kier molecular flexibility index (Phi) is 6.15. The lowest BCUT2D eigenvalue weighted by Crippen LogP contribution is -2.29. The fourth-order valence-electron chi connectivity index (χ4n) is 1.49. The zero-order chi connectivity index (χ0) is 15.1. The molecule has 0 unspecified atom stereocenters. The number of carbonyl (C=O) groups is 2. The molecular weight excluding hydrogens is 254 g/mol. The molecule has 2 N–H and O–H groups in total. The van der Waals surface area contributed by atoms with E-state index >= 15 is 0 Å². The van der Waals surface area contributed by atoms with Gasteiger partial charge in [-0.15, -0.1) is 0 Å². The number of amides is 2. The molecule has 1 aromatic heterocycles. The summed E-state index contributed by atoms with van der Waals surface area (Å²) < 4.78 is 0. The lowest BCUT2D eigenvalue weighted by molar-refractivity contribution is -0.124. The number of aromatic nitrogens is 1. The minimum Gasteiger partial charge on any atom is -0.350 e. The molecule has 0 spiro atoms. The molecule has 1 aromatic rings. The highest BCUT2D eigenvalue weighted by molar-refractivity contribution is 5.78. The first-order chi connectivity index (χ1) is 9.40. The van der Waals surface area contributed by atoms with Crippen LogP contribution in [-0.2, 0) is 22.7 Å². The van der Waals surface area contributed by atoms with E-state index < -0.39 is 0 Å². The Labute approximate surface area is 120 Å². The molecule has 1 heterocycles. The molecule has 0 atom stereocenters. The van der Waals surface area contributed by atoms with Crippen LogP contribution in [0.25, 0.3) is 0 Å². The van der Waals surface area contributed by atoms with Crippen LogP contribution in [0.4, 0.5) is 0 Å². The summed E-state index contributed by atoms with van der Waals surface area (Å²) in [6, 6.07) is 5.59. The molecule has 5 heteroatoms. The second kappa shape index (κ2) is 7.62. The molecule has 0 aromatic carbocycles. The average molecular weight is 277 g/mol. The number of carbonyl (C=O) groups excluding carboxylic acids is 2. The predicted octanol–water partition coefficient (Wildman–Crippen LogP) is 1.63. The highest BCUT2D eigenvalue weighted by Crippen LogP contribution is 2.01. The van der Waals surface area contributed by atoms with Crippen LogP contribution in [0.1, 0.15) is 39.1 Å². The number of pyridine rings is 1. The molecule has 0 radical (unpaired) electrons. The topological polar surface area (TPSA) is 71.1 Å². The SMILES string of the molecule is CC(C)C(=O)NCc1cccc(CNC(=O)C(C)C)n1. The van der Waals surface area contributed by atoms with Gasteiger partial charge in [-0.1, -0.05) is 33.8 Å². The van der Waals surface area contributed by atoms with Crippen molar-refractivity contribution in [3.8, 4) is 0 Å². The smallest absolute Gasteiger partial charge is 0.222 e. The van der Waals surface area contributed by atoms with E-state index in [2.05, 4.69) is 15.6 Å². The van der Waals surface area contributed by atoms with Gasteiger partial charge >= 0.3 is 0 Å². The summed E-state index contributed by atoms with van der Waals surface area (Å²) in [7, 11) is 0. The first-order valence-electron chi connectivity index (χ1n) is 6.90. The van der Waals surface area contributed by atoms with Crippen LogP contribution >= 0.6 is 0 Å². The van der Waals surface area contributed by atoms with Gasteiger partial charge in [-0.05, 0) is 12.1 Å². The summed E-state index contributed by atoms with van der Waals surface area (Å²) in [5.41, 5.74) is 1.57. The summed E-state index contributed by atoms with van der Waals surface area (Å²) in [6.45, 7) is 8.20. The van der Waals surface area contributed by atoms with Crippen molar-refractivity contribution in [1.82, 2.24) is 15.6 Å². The Morgan fingerprint density at radius 2 is 1.35 bits per heavy atom. The van der Waals surface area contributed by atoms with Crippen LogP contribution in [0.15, 0.2) is 18.2 Å². The summed E-state index contributed by atoms with van der Waals surface area (Å²) in [5, 5.41) is 5.64. The van der Waals surface area contributed by atoms with E-state index in [0.717, 1.165) is 11.4 Å². The van der Waals surface area contributed by atoms with Crippen LogP contribution in [0.3, 0.4) is 0 Å². The van der Waals surface area contributed by atoms with Crippen LogP contribution in [0, 0.1) is 11.8 Å². The molecule has 0 fully saturated rings. The molecule has 5 nitrogen and oxygen atoms in total. The van der Waals surface area contributed by atoms with Gasteiger partial charge in [-0.3, -0.25) is 14.6 Å². The molecule has 0 aliphatic rings. The zero-order valence-corrected chi connectivity index (χ0v) is 12.6. The molecule has 110 valence electrons. The van der Waals surface area contributed by atoms with Crippen LogP contribution < -0.4 is 10.6 Å². The zero-order valence-electron chi connectivity index (χ0n) is 12.6. The highest BCUT2D eigenvalue weighted by Gasteiger charge is 2.08. The van der Waals surface area contributed by atoms with Gasteiger partial charge in [-0.25, -0.2) is 0 Å². The first-order valence-corrected chi connectivity index (χ1v) is 6.90. The van der Waals surface area contributed by atoms with Crippen LogP contribution in [0.2, 0.25) is 0 Å². The molecular formula is C15H23N3O2. The fourth-order valence-corrected chi connectivity index (χ4v) is 1.49. The molecule has 0 aliphatic heterocycles. The van der Waals surface area contributed by atoms with Crippen LogP contribution in [-0.4, -0.2) is 16.8 Å². The summed E-state index contributed by atoms with van der Waals surface area (Å²) in [6.07, 6.45) is 0. The number of nitrogens with one attached hydrogen (secondary N) is 2. The quantitative estimate of drug-likeness (QED) is 0.830. The first kappa shape index (κ1) is 16.1. The maximum Gasteiger partial charge on any atom is 0.222 e. The van der Waals surface area contributed by atoms with Crippen molar-refractivity contribution in [2.24, 2.45) is 11.8 Å². The van der Waals surface area contributed by atoms with E-state index in [1.807, 2.05) is 45.9 Å². The Bertz CT molecular complexity index is 431. The number of nitrogens with zero attached hydrogens (tertiary/aromatic N) is 1. The van der Waals surface area contributed by atoms with E-state index in [-0.39, 0.29) is 23.7 Å². The van der Waals surface area contributed by atoms with Gasteiger partial charge in [0.05, 0.1) is 24.5 Å². The lowest BCUT2D eigenvalue weighted by atomic mass is 10.2. The van der Waals surface area contributed by atoms with E-state index in [1.165, 1.54) is 0 Å². The van der Waals surface area contributed by atoms with Crippen LogP contribution in [0.5, 0.6) is 0 Å². The molecule has 20 heavy (non-hydrogen) atoms. The van der Waals surface area contributed by atoms with Crippen molar-refractivity contribution in [2.75, 3.05) is 0 Å². The standard InChI is InChI=1S/C15H23N3O2/c1-10(2)14(19)16-8-12-6-5-7-13(18-12)9-17-15(20)11(3)4/h5-7,10-11H,8-9H2,1-4H3,(H,16,19)(H,17,20). The summed E-state index contributed by atoms with van der Waals surface area (Å²) >= 11 is 0. The van der Waals surface area contributed by atoms with E-state index in [0.29, 0.717) is 13.1 Å². The Hall–Kier alpha value is -1.91. The molecule has 0 aliphatic carbocycles. The maximum atomic E-state index is 11.5. The van der Waals surface area contributed by atoms with Gasteiger partial charge in [-0.2, -0.15) is 0 Å². The second-order valence-electron chi connectivity index (χ2n) is 5.37.